The lowest BCUT2D eigenvalue weighted by Gasteiger charge is -2.29. The highest BCUT2D eigenvalue weighted by molar-refractivity contribution is 5.67. The summed E-state index contributed by atoms with van der Waals surface area (Å²) in [6.45, 7) is 0.282. The van der Waals surface area contributed by atoms with Gasteiger partial charge in [-0.15, -0.1) is 0 Å². The molecular weight excluding hydrogens is 290 g/mol. The molecule has 5 nitrogen and oxygen atoms in total. The highest BCUT2D eigenvalue weighted by Gasteiger charge is 2.28. The molecule has 0 bridgehead atoms. The number of rotatable bonds is 5. The maximum atomic E-state index is 12.2. The van der Waals surface area contributed by atoms with Crippen LogP contribution >= 0.6 is 0 Å². The van der Waals surface area contributed by atoms with Gasteiger partial charge in [0.2, 0.25) is 0 Å². The Kier molecular flexibility index (Phi) is 5.29. The van der Waals surface area contributed by atoms with E-state index in [0.29, 0.717) is 5.92 Å². The van der Waals surface area contributed by atoms with Crippen LogP contribution in [0.3, 0.4) is 0 Å². The number of nitrogens with zero attached hydrogens (tertiary/aromatic N) is 1. The summed E-state index contributed by atoms with van der Waals surface area (Å²) >= 11 is 0. The van der Waals surface area contributed by atoms with Gasteiger partial charge in [0.25, 0.3) is 0 Å². The summed E-state index contributed by atoms with van der Waals surface area (Å²) in [5.41, 5.74) is 1.87. The highest BCUT2D eigenvalue weighted by Crippen LogP contribution is 2.33. The third kappa shape index (κ3) is 4.34. The number of hydrogen-bond donors (Lipinski definition) is 2. The van der Waals surface area contributed by atoms with Gasteiger partial charge in [-0.2, -0.15) is 0 Å². The van der Waals surface area contributed by atoms with E-state index in [9.17, 15) is 4.79 Å². The molecular formula is C18H23N3O2. The summed E-state index contributed by atoms with van der Waals surface area (Å²) in [7, 11) is 0. The minimum atomic E-state index is -0.382. The standard InChI is InChI=1S/C18H23N3O2/c22-18(23-12-14-7-3-1-4-8-14)21-17(16-11-19-13-20-16)15-9-5-2-6-10-15/h1,3-4,7-8,11,13,15,17H,2,5-6,9-10,12H2,(H,19,20)(H,21,22). The lowest BCUT2D eigenvalue weighted by Crippen LogP contribution is -2.35. The molecule has 122 valence electrons. The highest BCUT2D eigenvalue weighted by atomic mass is 16.5. The Balaban J connectivity index is 1.60. The Morgan fingerprint density at radius 3 is 2.74 bits per heavy atom. The van der Waals surface area contributed by atoms with Crippen LogP contribution in [0.1, 0.15) is 49.4 Å². The summed E-state index contributed by atoms with van der Waals surface area (Å²) in [4.78, 5) is 19.5. The number of ether oxygens (including phenoxy) is 1. The minimum absolute atomic E-state index is 0.0789. The van der Waals surface area contributed by atoms with Crippen LogP contribution in [0.2, 0.25) is 0 Å². The van der Waals surface area contributed by atoms with Crippen molar-refractivity contribution in [1.82, 2.24) is 15.3 Å². The number of amides is 1. The molecule has 3 rings (SSSR count). The Hall–Kier alpha value is -2.30. The first-order valence-corrected chi connectivity index (χ1v) is 8.29. The molecule has 1 unspecified atom stereocenters. The number of aromatic nitrogens is 2. The van der Waals surface area contributed by atoms with E-state index in [-0.39, 0.29) is 18.7 Å². The largest absolute Gasteiger partial charge is 0.445 e. The molecule has 1 heterocycles. The average molecular weight is 313 g/mol. The molecule has 0 radical (unpaired) electrons. The second-order valence-corrected chi connectivity index (χ2v) is 6.08. The van der Waals surface area contributed by atoms with E-state index in [2.05, 4.69) is 15.3 Å². The maximum Gasteiger partial charge on any atom is 0.408 e. The zero-order valence-corrected chi connectivity index (χ0v) is 13.2. The number of carbonyl (C=O) groups excluding carboxylic acids is 1. The summed E-state index contributed by atoms with van der Waals surface area (Å²) in [6.07, 6.45) is 9.08. The Labute approximate surface area is 136 Å². The molecule has 1 aliphatic rings. The number of imidazole rings is 1. The van der Waals surface area contributed by atoms with Gasteiger partial charge in [0.05, 0.1) is 18.1 Å². The van der Waals surface area contributed by atoms with Gasteiger partial charge in [-0.1, -0.05) is 49.6 Å². The number of aromatic amines is 1. The number of carbonyl (C=O) groups is 1. The fourth-order valence-corrected chi connectivity index (χ4v) is 3.23. The summed E-state index contributed by atoms with van der Waals surface area (Å²) in [5, 5.41) is 3.02. The monoisotopic (exact) mass is 313 g/mol. The van der Waals surface area contributed by atoms with Crippen LogP contribution in [0.4, 0.5) is 4.79 Å². The van der Waals surface area contributed by atoms with Gasteiger partial charge in [0, 0.05) is 6.20 Å². The second-order valence-electron chi connectivity index (χ2n) is 6.08. The van der Waals surface area contributed by atoms with Crippen molar-refractivity contribution >= 4 is 6.09 Å². The van der Waals surface area contributed by atoms with E-state index in [4.69, 9.17) is 4.74 Å². The quantitative estimate of drug-likeness (QED) is 0.878. The molecule has 0 saturated heterocycles. The van der Waals surface area contributed by atoms with Crippen molar-refractivity contribution in [2.24, 2.45) is 5.92 Å². The van der Waals surface area contributed by atoms with Crippen LogP contribution in [0, 0.1) is 5.92 Å². The van der Waals surface area contributed by atoms with Crippen LogP contribution in [0.15, 0.2) is 42.9 Å². The molecule has 2 N–H and O–H groups in total. The van der Waals surface area contributed by atoms with Gasteiger partial charge >= 0.3 is 6.09 Å². The average Bonchev–Trinajstić information content (AvgIpc) is 3.14. The fraction of sp³-hybridized carbons (Fsp3) is 0.444. The van der Waals surface area contributed by atoms with Crippen molar-refractivity contribution in [3.05, 3.63) is 54.1 Å². The smallest absolute Gasteiger partial charge is 0.408 e. The zero-order chi connectivity index (χ0) is 15.9. The van der Waals surface area contributed by atoms with Gasteiger partial charge in [-0.05, 0) is 24.3 Å². The first kappa shape index (κ1) is 15.6. The van der Waals surface area contributed by atoms with Gasteiger partial charge < -0.3 is 15.0 Å². The molecule has 0 spiro atoms. The lowest BCUT2D eigenvalue weighted by atomic mass is 9.83. The van der Waals surface area contributed by atoms with Gasteiger partial charge in [-0.3, -0.25) is 0 Å². The minimum Gasteiger partial charge on any atom is -0.445 e. The third-order valence-corrected chi connectivity index (χ3v) is 4.45. The fourth-order valence-electron chi connectivity index (χ4n) is 3.23. The van der Waals surface area contributed by atoms with Gasteiger partial charge in [0.15, 0.2) is 0 Å². The zero-order valence-electron chi connectivity index (χ0n) is 13.2. The van der Waals surface area contributed by atoms with E-state index in [1.54, 1.807) is 6.33 Å². The van der Waals surface area contributed by atoms with Crippen molar-refractivity contribution in [2.45, 2.75) is 44.8 Å². The van der Waals surface area contributed by atoms with Crippen LogP contribution in [0.5, 0.6) is 0 Å². The molecule has 5 heteroatoms. The first-order chi connectivity index (χ1) is 11.3. The second kappa shape index (κ2) is 7.81. The van der Waals surface area contributed by atoms with Gasteiger partial charge in [0.1, 0.15) is 6.61 Å². The lowest BCUT2D eigenvalue weighted by molar-refractivity contribution is 0.128. The van der Waals surface area contributed by atoms with Crippen molar-refractivity contribution in [3.63, 3.8) is 0 Å². The van der Waals surface area contributed by atoms with Crippen molar-refractivity contribution in [2.75, 3.05) is 0 Å². The maximum absolute atomic E-state index is 12.2. The molecule has 1 aromatic heterocycles. The van der Waals surface area contributed by atoms with E-state index in [1.165, 1.54) is 19.3 Å². The summed E-state index contributed by atoms with van der Waals surface area (Å²) in [6, 6.07) is 9.63. The van der Waals surface area contributed by atoms with E-state index < -0.39 is 0 Å². The van der Waals surface area contributed by atoms with Crippen LogP contribution in [-0.2, 0) is 11.3 Å². The van der Waals surface area contributed by atoms with Crippen LogP contribution in [0.25, 0.3) is 0 Å². The van der Waals surface area contributed by atoms with Crippen molar-refractivity contribution < 1.29 is 9.53 Å². The number of nitrogens with one attached hydrogen (secondary N) is 2. The number of hydrogen-bond acceptors (Lipinski definition) is 3. The van der Waals surface area contributed by atoms with E-state index >= 15 is 0 Å². The molecule has 0 aliphatic heterocycles. The Morgan fingerprint density at radius 1 is 1.26 bits per heavy atom. The molecule has 1 amide bonds. The molecule has 1 atom stereocenters. The summed E-state index contributed by atoms with van der Waals surface area (Å²) < 4.78 is 5.36. The predicted molar refractivity (Wildman–Crippen MR) is 87.7 cm³/mol. The molecule has 1 saturated carbocycles. The molecule has 1 aliphatic carbocycles. The van der Waals surface area contributed by atoms with Crippen LogP contribution in [-0.4, -0.2) is 16.1 Å². The Morgan fingerprint density at radius 2 is 2.04 bits per heavy atom. The van der Waals surface area contributed by atoms with Crippen molar-refractivity contribution in [3.8, 4) is 0 Å². The molecule has 1 fully saturated rings. The first-order valence-electron chi connectivity index (χ1n) is 8.29. The SMILES string of the molecule is O=C(NC(c1c[nH]cn1)C1CCCCC1)OCc1ccccc1. The van der Waals surface area contributed by atoms with Gasteiger partial charge in [-0.25, -0.2) is 9.78 Å². The Bertz CT molecular complexity index is 592. The normalized spacial score (nSPS) is 16.7. The molecule has 2 aromatic rings. The number of benzene rings is 1. The van der Waals surface area contributed by atoms with E-state index in [1.807, 2.05) is 36.5 Å². The topological polar surface area (TPSA) is 67.0 Å². The molecule has 23 heavy (non-hydrogen) atoms. The predicted octanol–water partition coefficient (Wildman–Crippen LogP) is 3.96. The third-order valence-electron chi connectivity index (χ3n) is 4.45. The summed E-state index contributed by atoms with van der Waals surface area (Å²) in [5.74, 6) is 0.427. The van der Waals surface area contributed by atoms with Crippen molar-refractivity contribution in [1.29, 1.82) is 0 Å². The number of H-pyrrole nitrogens is 1. The number of alkyl carbamates (subject to hydrolysis) is 1. The molecule has 1 aromatic carbocycles. The van der Waals surface area contributed by atoms with Crippen LogP contribution < -0.4 is 5.32 Å². The van der Waals surface area contributed by atoms with E-state index in [0.717, 1.165) is 24.1 Å².